The summed E-state index contributed by atoms with van der Waals surface area (Å²) < 4.78 is 4.79. The summed E-state index contributed by atoms with van der Waals surface area (Å²) in [5, 5.41) is 11.8. The molecule has 5 nitrogen and oxygen atoms in total. The van der Waals surface area contributed by atoms with Crippen LogP contribution in [0.2, 0.25) is 0 Å². The number of carbonyl (C=O) groups is 2. The van der Waals surface area contributed by atoms with Gasteiger partial charge in [-0.1, -0.05) is 13.8 Å². The first-order valence-corrected chi connectivity index (χ1v) is 5.95. The Hall–Kier alpha value is -1.83. The lowest BCUT2D eigenvalue weighted by molar-refractivity contribution is -0.141. The van der Waals surface area contributed by atoms with Gasteiger partial charge in [0.25, 0.3) is 0 Å². The van der Waals surface area contributed by atoms with Gasteiger partial charge >= 0.3 is 5.97 Å². The maximum Gasteiger partial charge on any atom is 0.325 e. The number of ketones is 1. The van der Waals surface area contributed by atoms with Crippen molar-refractivity contribution in [1.29, 1.82) is 5.26 Å². The van der Waals surface area contributed by atoms with E-state index in [-0.39, 0.29) is 23.3 Å². The molecule has 0 heterocycles. The SMILES string of the molecule is CCOC(=O)CNC1=C(C#N)C(=O)CC(C)(C)C1. The molecule has 0 fully saturated rings. The Morgan fingerprint density at radius 2 is 2.17 bits per heavy atom. The second-order valence-corrected chi connectivity index (χ2v) is 5.06. The van der Waals surface area contributed by atoms with E-state index in [2.05, 4.69) is 5.32 Å². The fraction of sp³-hybridized carbons (Fsp3) is 0.615. The number of Topliss-reactive ketones (excluding diaryl/α,β-unsaturated/α-hetero) is 1. The van der Waals surface area contributed by atoms with E-state index in [9.17, 15) is 9.59 Å². The molecule has 1 aliphatic carbocycles. The number of ether oxygens (including phenoxy) is 1. The molecule has 1 aliphatic rings. The van der Waals surface area contributed by atoms with Crippen LogP contribution >= 0.6 is 0 Å². The molecular formula is C13H18N2O3. The van der Waals surface area contributed by atoms with Crippen molar-refractivity contribution in [3.63, 3.8) is 0 Å². The van der Waals surface area contributed by atoms with Crippen LogP contribution < -0.4 is 5.32 Å². The van der Waals surface area contributed by atoms with Gasteiger partial charge in [-0.25, -0.2) is 0 Å². The molecule has 0 aromatic rings. The van der Waals surface area contributed by atoms with Gasteiger partial charge in [0.1, 0.15) is 18.2 Å². The summed E-state index contributed by atoms with van der Waals surface area (Å²) in [5.74, 6) is -0.557. The Morgan fingerprint density at radius 3 is 2.72 bits per heavy atom. The predicted octanol–water partition coefficient (Wildman–Crippen LogP) is 1.31. The maximum absolute atomic E-state index is 11.8. The van der Waals surface area contributed by atoms with Crippen LogP contribution in [0.4, 0.5) is 0 Å². The van der Waals surface area contributed by atoms with Crippen LogP contribution in [0.3, 0.4) is 0 Å². The molecule has 0 atom stereocenters. The van der Waals surface area contributed by atoms with Gasteiger partial charge in [0.05, 0.1) is 6.61 Å². The third kappa shape index (κ3) is 3.59. The molecule has 0 radical (unpaired) electrons. The zero-order valence-corrected chi connectivity index (χ0v) is 11.0. The van der Waals surface area contributed by atoms with Crippen molar-refractivity contribution in [2.75, 3.05) is 13.2 Å². The molecule has 0 unspecified atom stereocenters. The van der Waals surface area contributed by atoms with E-state index in [4.69, 9.17) is 10.00 Å². The molecule has 0 aliphatic heterocycles. The minimum Gasteiger partial charge on any atom is -0.465 e. The smallest absolute Gasteiger partial charge is 0.325 e. The predicted molar refractivity (Wildman–Crippen MR) is 65.3 cm³/mol. The van der Waals surface area contributed by atoms with Gasteiger partial charge in [-0.3, -0.25) is 9.59 Å². The number of hydrogen-bond donors (Lipinski definition) is 1. The van der Waals surface area contributed by atoms with Gasteiger partial charge in [-0.15, -0.1) is 0 Å². The average molecular weight is 250 g/mol. The van der Waals surface area contributed by atoms with Crippen molar-refractivity contribution in [1.82, 2.24) is 5.32 Å². The van der Waals surface area contributed by atoms with E-state index >= 15 is 0 Å². The van der Waals surface area contributed by atoms with Crippen LogP contribution in [-0.2, 0) is 14.3 Å². The van der Waals surface area contributed by atoms with E-state index in [1.54, 1.807) is 6.92 Å². The van der Waals surface area contributed by atoms with Crippen molar-refractivity contribution in [2.24, 2.45) is 5.41 Å². The zero-order valence-electron chi connectivity index (χ0n) is 11.0. The van der Waals surface area contributed by atoms with Gasteiger partial charge in [-0.05, 0) is 18.8 Å². The minimum absolute atomic E-state index is 0.0162. The van der Waals surface area contributed by atoms with Crippen molar-refractivity contribution >= 4 is 11.8 Å². The molecule has 0 saturated heterocycles. The van der Waals surface area contributed by atoms with Crippen molar-refractivity contribution in [3.8, 4) is 6.07 Å². The summed E-state index contributed by atoms with van der Waals surface area (Å²) in [6.45, 7) is 5.95. The molecule has 0 bridgehead atoms. The Balaban J connectivity index is 2.79. The molecule has 1 N–H and O–H groups in total. The lowest BCUT2D eigenvalue weighted by Gasteiger charge is -2.30. The van der Waals surface area contributed by atoms with Crippen LogP contribution in [0.15, 0.2) is 11.3 Å². The monoisotopic (exact) mass is 250 g/mol. The standard InChI is InChI=1S/C13H18N2O3/c1-4-18-12(17)8-15-10-5-13(2,3)6-11(16)9(10)7-14/h15H,4-6,8H2,1-3H3. The lowest BCUT2D eigenvalue weighted by Crippen LogP contribution is -2.33. The highest BCUT2D eigenvalue weighted by Crippen LogP contribution is 2.35. The molecule has 0 aromatic heterocycles. The molecule has 0 aromatic carbocycles. The Morgan fingerprint density at radius 1 is 1.50 bits per heavy atom. The number of carbonyl (C=O) groups excluding carboxylic acids is 2. The minimum atomic E-state index is -0.391. The third-order valence-electron chi connectivity index (χ3n) is 2.74. The van der Waals surface area contributed by atoms with Crippen LogP contribution in [0, 0.1) is 16.7 Å². The molecule has 98 valence electrons. The molecule has 1 rings (SSSR count). The summed E-state index contributed by atoms with van der Waals surface area (Å²) in [6.07, 6.45) is 0.946. The van der Waals surface area contributed by atoms with Crippen LogP contribution in [0.5, 0.6) is 0 Å². The van der Waals surface area contributed by atoms with Crippen LogP contribution in [-0.4, -0.2) is 24.9 Å². The largest absolute Gasteiger partial charge is 0.465 e. The van der Waals surface area contributed by atoms with Crippen molar-refractivity contribution < 1.29 is 14.3 Å². The Bertz CT molecular complexity index is 430. The molecular weight excluding hydrogens is 232 g/mol. The average Bonchev–Trinajstić information content (AvgIpc) is 2.25. The van der Waals surface area contributed by atoms with Gasteiger partial charge in [0, 0.05) is 12.1 Å². The van der Waals surface area contributed by atoms with Gasteiger partial charge in [0.15, 0.2) is 5.78 Å². The topological polar surface area (TPSA) is 79.2 Å². The molecule has 18 heavy (non-hydrogen) atoms. The summed E-state index contributed by atoms with van der Waals surface area (Å²) in [4.78, 5) is 23.0. The Labute approximate surface area is 107 Å². The van der Waals surface area contributed by atoms with Gasteiger partial charge < -0.3 is 10.1 Å². The molecule has 5 heteroatoms. The first kappa shape index (κ1) is 14.2. The quantitative estimate of drug-likeness (QED) is 0.761. The van der Waals surface area contributed by atoms with E-state index in [0.717, 1.165) is 0 Å². The first-order chi connectivity index (χ1) is 8.39. The third-order valence-corrected chi connectivity index (χ3v) is 2.74. The summed E-state index contributed by atoms with van der Waals surface area (Å²) in [6, 6.07) is 1.91. The number of rotatable bonds is 4. The lowest BCUT2D eigenvalue weighted by atomic mass is 9.76. The van der Waals surface area contributed by atoms with Gasteiger partial charge in [-0.2, -0.15) is 5.26 Å². The summed E-state index contributed by atoms with van der Waals surface area (Å²) in [7, 11) is 0. The second-order valence-electron chi connectivity index (χ2n) is 5.06. The molecule has 0 saturated carbocycles. The van der Waals surface area contributed by atoms with E-state index in [1.807, 2.05) is 19.9 Å². The molecule has 0 spiro atoms. The number of allylic oxidation sites excluding steroid dienone is 2. The number of nitriles is 1. The maximum atomic E-state index is 11.8. The Kier molecular flexibility index (Phi) is 4.49. The summed E-state index contributed by atoms with van der Waals surface area (Å²) >= 11 is 0. The van der Waals surface area contributed by atoms with E-state index in [1.165, 1.54) is 0 Å². The van der Waals surface area contributed by atoms with Crippen molar-refractivity contribution in [2.45, 2.75) is 33.6 Å². The van der Waals surface area contributed by atoms with E-state index < -0.39 is 5.97 Å². The number of hydrogen-bond acceptors (Lipinski definition) is 5. The second kappa shape index (κ2) is 5.67. The van der Waals surface area contributed by atoms with Crippen molar-refractivity contribution in [3.05, 3.63) is 11.3 Å². The highest BCUT2D eigenvalue weighted by Gasteiger charge is 2.33. The zero-order chi connectivity index (χ0) is 13.8. The van der Waals surface area contributed by atoms with Crippen LogP contribution in [0.25, 0.3) is 0 Å². The fourth-order valence-corrected chi connectivity index (χ4v) is 1.99. The number of esters is 1. The number of nitrogens with one attached hydrogen (secondary N) is 1. The highest BCUT2D eigenvalue weighted by molar-refractivity contribution is 6.01. The fourth-order valence-electron chi connectivity index (χ4n) is 1.99. The number of nitrogens with zero attached hydrogens (tertiary/aromatic N) is 1. The van der Waals surface area contributed by atoms with E-state index in [0.29, 0.717) is 25.1 Å². The van der Waals surface area contributed by atoms with Crippen LogP contribution in [0.1, 0.15) is 33.6 Å². The first-order valence-electron chi connectivity index (χ1n) is 5.95. The normalized spacial score (nSPS) is 18.2. The highest BCUT2D eigenvalue weighted by atomic mass is 16.5. The summed E-state index contributed by atoms with van der Waals surface area (Å²) in [5.41, 5.74) is 0.499. The van der Waals surface area contributed by atoms with Gasteiger partial charge in [0.2, 0.25) is 0 Å². The molecule has 0 amide bonds.